The van der Waals surface area contributed by atoms with E-state index in [9.17, 15) is 9.59 Å². The molecule has 8 heteroatoms. The van der Waals surface area contributed by atoms with Crippen LogP contribution in [0.2, 0.25) is 0 Å². The predicted molar refractivity (Wildman–Crippen MR) is 94.9 cm³/mol. The molecule has 1 aromatic carbocycles. The molecule has 128 valence electrons. The Bertz CT molecular complexity index is 720. The van der Waals surface area contributed by atoms with E-state index in [2.05, 4.69) is 26.8 Å². The average molecular weight is 413 g/mol. The lowest BCUT2D eigenvalue weighted by atomic mass is 10.2. The molecular weight excluding hydrogens is 396 g/mol. The first-order valence-electron chi connectivity index (χ1n) is 7.09. The number of hydrazine groups is 1. The molecule has 0 spiro atoms. The van der Waals surface area contributed by atoms with Crippen molar-refractivity contribution in [3.8, 4) is 5.75 Å². The maximum Gasteiger partial charge on any atom is 0.279 e. The SMILES string of the molecule is COc1cccc(COC(C)C(=O)NNC(=O)c2ccc(Br)s2)c1. The minimum absolute atomic E-state index is 0.262. The number of benzene rings is 1. The third kappa shape index (κ3) is 5.33. The summed E-state index contributed by atoms with van der Waals surface area (Å²) in [6.45, 7) is 1.88. The molecule has 0 aliphatic carbocycles. The zero-order chi connectivity index (χ0) is 17.5. The molecule has 2 amide bonds. The van der Waals surface area contributed by atoms with Gasteiger partial charge in [0.15, 0.2) is 0 Å². The van der Waals surface area contributed by atoms with Gasteiger partial charge >= 0.3 is 0 Å². The van der Waals surface area contributed by atoms with E-state index in [4.69, 9.17) is 9.47 Å². The monoisotopic (exact) mass is 412 g/mol. The van der Waals surface area contributed by atoms with Gasteiger partial charge in [-0.05, 0) is 52.7 Å². The molecule has 1 atom stereocenters. The van der Waals surface area contributed by atoms with Crippen LogP contribution in [0.15, 0.2) is 40.2 Å². The topological polar surface area (TPSA) is 76.7 Å². The van der Waals surface area contributed by atoms with Crippen LogP contribution >= 0.6 is 27.3 Å². The van der Waals surface area contributed by atoms with Crippen LogP contribution in [0.5, 0.6) is 5.75 Å². The fraction of sp³-hybridized carbons (Fsp3) is 0.250. The first-order chi connectivity index (χ1) is 11.5. The zero-order valence-corrected chi connectivity index (χ0v) is 15.6. The van der Waals surface area contributed by atoms with Crippen molar-refractivity contribution in [2.45, 2.75) is 19.6 Å². The van der Waals surface area contributed by atoms with E-state index in [1.165, 1.54) is 11.3 Å². The quantitative estimate of drug-likeness (QED) is 0.715. The summed E-state index contributed by atoms with van der Waals surface area (Å²) in [6.07, 6.45) is -0.716. The van der Waals surface area contributed by atoms with E-state index >= 15 is 0 Å². The summed E-state index contributed by atoms with van der Waals surface area (Å²) >= 11 is 4.56. The first kappa shape index (κ1) is 18.4. The Kier molecular flexibility index (Phi) is 6.77. The minimum Gasteiger partial charge on any atom is -0.497 e. The van der Waals surface area contributed by atoms with Crippen LogP contribution < -0.4 is 15.6 Å². The van der Waals surface area contributed by atoms with E-state index < -0.39 is 12.0 Å². The summed E-state index contributed by atoms with van der Waals surface area (Å²) in [5.41, 5.74) is 5.60. The van der Waals surface area contributed by atoms with Gasteiger partial charge in [-0.25, -0.2) is 0 Å². The number of carbonyl (C=O) groups is 2. The van der Waals surface area contributed by atoms with Crippen molar-refractivity contribution in [2.24, 2.45) is 0 Å². The number of carbonyl (C=O) groups excluding carboxylic acids is 2. The summed E-state index contributed by atoms with van der Waals surface area (Å²) in [5, 5.41) is 0. The second kappa shape index (κ2) is 8.81. The number of amides is 2. The Labute approximate surface area is 152 Å². The van der Waals surface area contributed by atoms with Gasteiger partial charge < -0.3 is 9.47 Å². The Hall–Kier alpha value is -1.90. The van der Waals surface area contributed by atoms with Crippen molar-refractivity contribution >= 4 is 39.1 Å². The first-order valence-corrected chi connectivity index (χ1v) is 8.70. The fourth-order valence-electron chi connectivity index (χ4n) is 1.78. The smallest absolute Gasteiger partial charge is 0.279 e. The van der Waals surface area contributed by atoms with Crippen LogP contribution in [-0.4, -0.2) is 25.0 Å². The van der Waals surface area contributed by atoms with Crippen molar-refractivity contribution < 1.29 is 19.1 Å². The van der Waals surface area contributed by atoms with Crippen LogP contribution in [0.1, 0.15) is 22.2 Å². The van der Waals surface area contributed by atoms with Crippen LogP contribution in [0.25, 0.3) is 0 Å². The van der Waals surface area contributed by atoms with Gasteiger partial charge in [-0.15, -0.1) is 11.3 Å². The van der Waals surface area contributed by atoms with Gasteiger partial charge in [0.05, 0.1) is 22.4 Å². The number of rotatable bonds is 6. The van der Waals surface area contributed by atoms with Crippen molar-refractivity contribution in [1.29, 1.82) is 0 Å². The number of halogens is 1. The summed E-state index contributed by atoms with van der Waals surface area (Å²) in [6, 6.07) is 10.8. The van der Waals surface area contributed by atoms with E-state index in [0.29, 0.717) is 4.88 Å². The Morgan fingerprint density at radius 2 is 2.04 bits per heavy atom. The molecule has 6 nitrogen and oxygen atoms in total. The summed E-state index contributed by atoms with van der Waals surface area (Å²) in [7, 11) is 1.59. The van der Waals surface area contributed by atoms with Gasteiger partial charge in [0, 0.05) is 0 Å². The molecule has 2 aromatic rings. The lowest BCUT2D eigenvalue weighted by Gasteiger charge is -2.14. The number of methoxy groups -OCH3 is 1. The van der Waals surface area contributed by atoms with E-state index in [0.717, 1.165) is 15.1 Å². The molecule has 0 bridgehead atoms. The molecule has 0 fully saturated rings. The van der Waals surface area contributed by atoms with Gasteiger partial charge in [-0.2, -0.15) is 0 Å². The summed E-state index contributed by atoms with van der Waals surface area (Å²) in [5.74, 6) is -0.0801. The van der Waals surface area contributed by atoms with Crippen molar-refractivity contribution in [3.63, 3.8) is 0 Å². The lowest BCUT2D eigenvalue weighted by Crippen LogP contribution is -2.46. The maximum absolute atomic E-state index is 11.9. The van der Waals surface area contributed by atoms with Crippen molar-refractivity contribution in [2.75, 3.05) is 7.11 Å². The van der Waals surface area contributed by atoms with Gasteiger partial charge in [0.2, 0.25) is 0 Å². The van der Waals surface area contributed by atoms with Gasteiger partial charge in [-0.1, -0.05) is 12.1 Å². The van der Waals surface area contributed by atoms with Crippen LogP contribution in [-0.2, 0) is 16.1 Å². The van der Waals surface area contributed by atoms with Crippen LogP contribution in [0.4, 0.5) is 0 Å². The Balaban J connectivity index is 1.78. The molecule has 0 aliphatic rings. The second-order valence-corrected chi connectivity index (χ2v) is 7.31. The lowest BCUT2D eigenvalue weighted by molar-refractivity contribution is -0.133. The Morgan fingerprint density at radius 1 is 1.25 bits per heavy atom. The molecule has 1 aromatic heterocycles. The number of nitrogens with one attached hydrogen (secondary N) is 2. The molecule has 0 aliphatic heterocycles. The number of hydrogen-bond donors (Lipinski definition) is 2. The van der Waals surface area contributed by atoms with Gasteiger partial charge in [-0.3, -0.25) is 20.4 Å². The second-order valence-electron chi connectivity index (χ2n) is 4.85. The van der Waals surface area contributed by atoms with E-state index in [-0.39, 0.29) is 12.5 Å². The van der Waals surface area contributed by atoms with Crippen molar-refractivity contribution in [3.05, 3.63) is 50.6 Å². The highest BCUT2D eigenvalue weighted by Gasteiger charge is 2.15. The molecule has 0 saturated heterocycles. The van der Waals surface area contributed by atoms with Crippen molar-refractivity contribution in [1.82, 2.24) is 10.9 Å². The fourth-order valence-corrected chi connectivity index (χ4v) is 3.06. The maximum atomic E-state index is 11.9. The summed E-state index contributed by atoms with van der Waals surface area (Å²) in [4.78, 5) is 24.3. The third-order valence-electron chi connectivity index (χ3n) is 3.10. The van der Waals surface area contributed by atoms with Crippen LogP contribution in [0.3, 0.4) is 0 Å². The highest BCUT2D eigenvalue weighted by atomic mass is 79.9. The molecule has 1 unspecified atom stereocenters. The molecule has 0 saturated carbocycles. The highest BCUT2D eigenvalue weighted by Crippen LogP contribution is 2.21. The zero-order valence-electron chi connectivity index (χ0n) is 13.2. The highest BCUT2D eigenvalue weighted by molar-refractivity contribution is 9.11. The predicted octanol–water partition coefficient (Wildman–Crippen LogP) is 2.89. The minimum atomic E-state index is -0.716. The summed E-state index contributed by atoms with van der Waals surface area (Å²) < 4.78 is 11.5. The van der Waals surface area contributed by atoms with Gasteiger partial charge in [0.1, 0.15) is 11.9 Å². The molecule has 2 rings (SSSR count). The number of hydrogen-bond acceptors (Lipinski definition) is 5. The average Bonchev–Trinajstić information content (AvgIpc) is 3.03. The molecule has 24 heavy (non-hydrogen) atoms. The van der Waals surface area contributed by atoms with E-state index in [1.54, 1.807) is 26.2 Å². The standard InChI is InChI=1S/C16H17BrN2O4S/c1-10(23-9-11-4-3-5-12(8-11)22-2)15(20)18-19-16(21)13-6-7-14(17)24-13/h3-8,10H,9H2,1-2H3,(H,18,20)(H,19,21). The molecule has 2 N–H and O–H groups in total. The number of ether oxygens (including phenoxy) is 2. The largest absolute Gasteiger partial charge is 0.497 e. The normalized spacial score (nSPS) is 11.6. The molecule has 0 radical (unpaired) electrons. The third-order valence-corrected chi connectivity index (χ3v) is 4.72. The Morgan fingerprint density at radius 3 is 2.71 bits per heavy atom. The van der Waals surface area contributed by atoms with Crippen LogP contribution in [0, 0.1) is 0 Å². The molecule has 1 heterocycles. The van der Waals surface area contributed by atoms with Gasteiger partial charge in [0.25, 0.3) is 11.8 Å². The molecular formula is C16H17BrN2O4S. The van der Waals surface area contributed by atoms with E-state index in [1.807, 2.05) is 24.3 Å². The number of thiophene rings is 1.